The molecule has 0 unspecified atom stereocenters. The van der Waals surface area contributed by atoms with E-state index in [1.54, 1.807) is 6.92 Å². The Morgan fingerprint density at radius 1 is 1.35 bits per heavy atom. The van der Waals surface area contributed by atoms with E-state index in [-0.39, 0.29) is 11.7 Å². The fourth-order valence-corrected chi connectivity index (χ4v) is 2.30. The van der Waals surface area contributed by atoms with Crippen LogP contribution in [-0.2, 0) is 22.5 Å². The number of ether oxygens (including phenoxy) is 1. The highest BCUT2D eigenvalue weighted by Crippen LogP contribution is 2.17. The molecular formula is C11H19N3O2S. The van der Waals surface area contributed by atoms with Crippen molar-refractivity contribution in [3.05, 3.63) is 5.82 Å². The molecule has 0 amide bonds. The molecule has 0 spiro atoms. The molecule has 6 heteroatoms. The zero-order chi connectivity index (χ0) is 12.7. The monoisotopic (exact) mass is 257 g/mol. The number of thioether (sulfide) groups is 1. The quantitative estimate of drug-likeness (QED) is 0.551. The van der Waals surface area contributed by atoms with Gasteiger partial charge >= 0.3 is 5.97 Å². The summed E-state index contributed by atoms with van der Waals surface area (Å²) >= 11 is 1.38. The van der Waals surface area contributed by atoms with Gasteiger partial charge in [0.25, 0.3) is 0 Å². The van der Waals surface area contributed by atoms with Gasteiger partial charge in [0.1, 0.15) is 5.82 Å². The number of carbonyl (C=O) groups is 1. The molecule has 5 nitrogen and oxygen atoms in total. The fourth-order valence-electron chi connectivity index (χ4n) is 1.48. The first kappa shape index (κ1) is 14.0. The van der Waals surface area contributed by atoms with Gasteiger partial charge in [0.05, 0.1) is 12.4 Å². The van der Waals surface area contributed by atoms with Gasteiger partial charge in [0.2, 0.25) is 0 Å². The number of hydrogen-bond donors (Lipinski definition) is 0. The van der Waals surface area contributed by atoms with Crippen molar-refractivity contribution in [3.8, 4) is 0 Å². The van der Waals surface area contributed by atoms with E-state index in [0.717, 1.165) is 30.4 Å². The smallest absolute Gasteiger partial charge is 0.316 e. The zero-order valence-electron chi connectivity index (χ0n) is 10.6. The number of nitrogens with zero attached hydrogens (tertiary/aromatic N) is 3. The highest BCUT2D eigenvalue weighted by atomic mass is 32.2. The largest absolute Gasteiger partial charge is 0.465 e. The van der Waals surface area contributed by atoms with Gasteiger partial charge in [0.15, 0.2) is 5.16 Å². The summed E-state index contributed by atoms with van der Waals surface area (Å²) in [6.07, 6.45) is 1.96. The van der Waals surface area contributed by atoms with Crippen molar-refractivity contribution in [3.63, 3.8) is 0 Å². The summed E-state index contributed by atoms with van der Waals surface area (Å²) in [5, 5.41) is 9.04. The van der Waals surface area contributed by atoms with Crippen LogP contribution in [0.5, 0.6) is 0 Å². The van der Waals surface area contributed by atoms with Crippen molar-refractivity contribution in [1.29, 1.82) is 0 Å². The van der Waals surface area contributed by atoms with Gasteiger partial charge in [0, 0.05) is 13.0 Å². The summed E-state index contributed by atoms with van der Waals surface area (Å²) in [5.41, 5.74) is 0. The molecule has 96 valence electrons. The van der Waals surface area contributed by atoms with Crippen molar-refractivity contribution in [2.45, 2.75) is 45.3 Å². The van der Waals surface area contributed by atoms with Crippen LogP contribution in [0.15, 0.2) is 5.16 Å². The van der Waals surface area contributed by atoms with E-state index in [4.69, 9.17) is 4.74 Å². The fraction of sp³-hybridized carbons (Fsp3) is 0.727. The average molecular weight is 257 g/mol. The molecule has 0 aliphatic heterocycles. The Morgan fingerprint density at radius 3 is 2.71 bits per heavy atom. The lowest BCUT2D eigenvalue weighted by atomic mass is 10.3. The maximum atomic E-state index is 11.2. The molecule has 0 saturated carbocycles. The second-order valence-corrected chi connectivity index (χ2v) is 4.43. The molecule has 1 aromatic rings. The van der Waals surface area contributed by atoms with E-state index >= 15 is 0 Å². The lowest BCUT2D eigenvalue weighted by Crippen LogP contribution is -2.08. The molecule has 0 aromatic carbocycles. The number of carbonyl (C=O) groups excluding carboxylic acids is 1. The Hall–Kier alpha value is -1.04. The summed E-state index contributed by atoms with van der Waals surface area (Å²) in [6.45, 7) is 7.21. The van der Waals surface area contributed by atoms with E-state index < -0.39 is 0 Å². The van der Waals surface area contributed by atoms with Crippen molar-refractivity contribution < 1.29 is 9.53 Å². The van der Waals surface area contributed by atoms with Crippen LogP contribution in [0.4, 0.5) is 0 Å². The summed E-state index contributed by atoms with van der Waals surface area (Å²) in [4.78, 5) is 11.2. The summed E-state index contributed by atoms with van der Waals surface area (Å²) in [5.74, 6) is 1.07. The first-order valence-corrected chi connectivity index (χ1v) is 6.91. The number of esters is 1. The lowest BCUT2D eigenvalue weighted by Gasteiger charge is -2.06. The van der Waals surface area contributed by atoms with Crippen LogP contribution in [0, 0.1) is 0 Å². The third-order valence-corrected chi connectivity index (χ3v) is 3.15. The molecule has 1 heterocycles. The predicted molar refractivity (Wildman–Crippen MR) is 67.0 cm³/mol. The minimum Gasteiger partial charge on any atom is -0.465 e. The summed E-state index contributed by atoms with van der Waals surface area (Å²) in [6, 6.07) is 0. The Labute approximate surface area is 106 Å². The van der Waals surface area contributed by atoms with Gasteiger partial charge < -0.3 is 9.30 Å². The Kier molecular flexibility index (Phi) is 6.04. The standard InChI is InChI=1S/C11H19N3O2S/c1-4-7-9-12-13-11(14(9)5-2)17-8-10(15)16-6-3/h4-8H2,1-3H3. The van der Waals surface area contributed by atoms with Crippen molar-refractivity contribution in [1.82, 2.24) is 14.8 Å². The Balaban J connectivity index is 2.61. The number of rotatable bonds is 7. The Morgan fingerprint density at radius 2 is 2.12 bits per heavy atom. The molecule has 0 radical (unpaired) electrons. The van der Waals surface area contributed by atoms with Crippen LogP contribution in [0.25, 0.3) is 0 Å². The van der Waals surface area contributed by atoms with Crippen LogP contribution >= 0.6 is 11.8 Å². The normalized spacial score (nSPS) is 10.5. The first-order valence-electron chi connectivity index (χ1n) is 5.93. The maximum Gasteiger partial charge on any atom is 0.316 e. The molecule has 1 rings (SSSR count). The van der Waals surface area contributed by atoms with E-state index in [0.29, 0.717) is 6.61 Å². The van der Waals surface area contributed by atoms with Crippen LogP contribution < -0.4 is 0 Å². The van der Waals surface area contributed by atoms with Gasteiger partial charge in [-0.05, 0) is 20.3 Å². The maximum absolute atomic E-state index is 11.2. The van der Waals surface area contributed by atoms with E-state index in [1.807, 2.05) is 4.57 Å². The van der Waals surface area contributed by atoms with Crippen molar-refractivity contribution in [2.75, 3.05) is 12.4 Å². The van der Waals surface area contributed by atoms with Gasteiger partial charge in [-0.15, -0.1) is 10.2 Å². The molecule has 0 N–H and O–H groups in total. The molecular weight excluding hydrogens is 238 g/mol. The molecule has 0 aliphatic rings. The lowest BCUT2D eigenvalue weighted by molar-refractivity contribution is -0.139. The van der Waals surface area contributed by atoms with Crippen LogP contribution in [-0.4, -0.2) is 33.1 Å². The average Bonchev–Trinajstić information content (AvgIpc) is 2.69. The third kappa shape index (κ3) is 4.03. The van der Waals surface area contributed by atoms with Crippen LogP contribution in [0.1, 0.15) is 33.0 Å². The third-order valence-electron chi connectivity index (χ3n) is 2.21. The molecule has 1 aromatic heterocycles. The minimum absolute atomic E-state index is 0.208. The summed E-state index contributed by atoms with van der Waals surface area (Å²) in [7, 11) is 0. The molecule has 0 aliphatic carbocycles. The number of aryl methyl sites for hydroxylation is 1. The molecule has 17 heavy (non-hydrogen) atoms. The molecule has 0 saturated heterocycles. The first-order chi connectivity index (χ1) is 8.22. The van der Waals surface area contributed by atoms with Gasteiger partial charge in [-0.1, -0.05) is 18.7 Å². The topological polar surface area (TPSA) is 57.0 Å². The second kappa shape index (κ2) is 7.32. The van der Waals surface area contributed by atoms with Gasteiger partial charge in [-0.2, -0.15) is 0 Å². The van der Waals surface area contributed by atoms with Crippen LogP contribution in [0.2, 0.25) is 0 Å². The van der Waals surface area contributed by atoms with Gasteiger partial charge in [-0.25, -0.2) is 0 Å². The minimum atomic E-state index is -0.208. The zero-order valence-corrected chi connectivity index (χ0v) is 11.4. The number of hydrogen-bond acceptors (Lipinski definition) is 5. The molecule has 0 atom stereocenters. The highest BCUT2D eigenvalue weighted by Gasteiger charge is 2.12. The van der Waals surface area contributed by atoms with Crippen molar-refractivity contribution in [2.24, 2.45) is 0 Å². The molecule has 0 bridgehead atoms. The Bertz CT molecular complexity index is 366. The van der Waals surface area contributed by atoms with E-state index in [1.165, 1.54) is 11.8 Å². The highest BCUT2D eigenvalue weighted by molar-refractivity contribution is 7.99. The second-order valence-electron chi connectivity index (χ2n) is 3.49. The number of aromatic nitrogens is 3. The molecule has 0 fully saturated rings. The van der Waals surface area contributed by atoms with E-state index in [9.17, 15) is 4.79 Å². The van der Waals surface area contributed by atoms with Gasteiger partial charge in [-0.3, -0.25) is 4.79 Å². The van der Waals surface area contributed by atoms with Crippen molar-refractivity contribution >= 4 is 17.7 Å². The van der Waals surface area contributed by atoms with E-state index in [2.05, 4.69) is 24.0 Å². The van der Waals surface area contributed by atoms with Crippen LogP contribution in [0.3, 0.4) is 0 Å². The predicted octanol–water partition coefficient (Wildman–Crippen LogP) is 1.91. The SMILES string of the molecule is CCCc1nnc(SCC(=O)OCC)n1CC. The summed E-state index contributed by atoms with van der Waals surface area (Å²) < 4.78 is 6.92.